The van der Waals surface area contributed by atoms with Crippen LogP contribution in [0.2, 0.25) is 0 Å². The number of carbonyl (C=O) groups is 1. The van der Waals surface area contributed by atoms with Crippen LogP contribution in [-0.2, 0) is 18.9 Å². The second-order valence-corrected chi connectivity index (χ2v) is 9.42. The van der Waals surface area contributed by atoms with Crippen molar-refractivity contribution >= 4 is 17.7 Å². The Morgan fingerprint density at radius 3 is 2.21 bits per heavy atom. The molecule has 5 nitrogen and oxygen atoms in total. The van der Waals surface area contributed by atoms with Crippen LogP contribution in [0.3, 0.4) is 0 Å². The van der Waals surface area contributed by atoms with E-state index in [2.05, 4.69) is 6.92 Å². The van der Waals surface area contributed by atoms with Gasteiger partial charge in [-0.3, -0.25) is 0 Å². The summed E-state index contributed by atoms with van der Waals surface area (Å²) >= 11 is 1.56. The lowest BCUT2D eigenvalue weighted by atomic mass is 9.90. The lowest BCUT2D eigenvalue weighted by molar-refractivity contribution is -0.306. The predicted molar refractivity (Wildman–Crippen MR) is 126 cm³/mol. The number of fused-ring (bicyclic) bond motifs is 1. The van der Waals surface area contributed by atoms with E-state index in [0.29, 0.717) is 12.2 Å². The molecule has 170 valence electrons. The van der Waals surface area contributed by atoms with Gasteiger partial charge in [0, 0.05) is 16.4 Å². The van der Waals surface area contributed by atoms with Crippen molar-refractivity contribution in [1.29, 1.82) is 0 Å². The first kappa shape index (κ1) is 22.2. The van der Waals surface area contributed by atoms with Crippen LogP contribution in [0.25, 0.3) is 0 Å². The van der Waals surface area contributed by atoms with Crippen molar-refractivity contribution in [3.05, 3.63) is 102 Å². The molecule has 0 radical (unpaired) electrons. The zero-order valence-electron chi connectivity index (χ0n) is 18.3. The summed E-state index contributed by atoms with van der Waals surface area (Å²) in [6.07, 6.45) is -1.46. The SMILES string of the molecule is CC1C2OC(c3ccccc3)OCC2OC(Sc2ccccc2)C1OC(=O)c1ccccc1. The number of benzene rings is 3. The van der Waals surface area contributed by atoms with E-state index in [1.165, 1.54) is 0 Å². The van der Waals surface area contributed by atoms with Gasteiger partial charge in [0.15, 0.2) is 6.29 Å². The van der Waals surface area contributed by atoms with Crippen molar-refractivity contribution < 1.29 is 23.7 Å². The molecule has 2 aliphatic heterocycles. The molecule has 3 aromatic rings. The summed E-state index contributed by atoms with van der Waals surface area (Å²) in [5.41, 5.74) is 1.10. The number of ether oxygens (including phenoxy) is 4. The minimum atomic E-state index is -0.487. The average molecular weight is 463 g/mol. The molecule has 0 aromatic heterocycles. The molecule has 2 heterocycles. The lowest BCUT2D eigenvalue weighted by Gasteiger charge is -2.48. The molecule has 33 heavy (non-hydrogen) atoms. The third-order valence-corrected chi connectivity index (χ3v) is 7.15. The van der Waals surface area contributed by atoms with E-state index in [1.54, 1.807) is 23.9 Å². The van der Waals surface area contributed by atoms with Gasteiger partial charge >= 0.3 is 5.97 Å². The summed E-state index contributed by atoms with van der Waals surface area (Å²) < 4.78 is 24.9. The molecule has 0 bridgehead atoms. The molecule has 2 saturated heterocycles. The Hall–Kier alpha value is -2.64. The molecule has 0 aliphatic carbocycles. The van der Waals surface area contributed by atoms with Gasteiger partial charge in [-0.05, 0) is 24.3 Å². The van der Waals surface area contributed by atoms with Gasteiger partial charge < -0.3 is 18.9 Å². The number of esters is 1. The summed E-state index contributed by atoms with van der Waals surface area (Å²) in [7, 11) is 0. The highest BCUT2D eigenvalue weighted by molar-refractivity contribution is 7.99. The zero-order chi connectivity index (χ0) is 22.6. The van der Waals surface area contributed by atoms with Crippen LogP contribution in [0, 0.1) is 5.92 Å². The molecule has 0 spiro atoms. The molecular weight excluding hydrogens is 436 g/mol. The molecule has 2 fully saturated rings. The first-order valence-electron chi connectivity index (χ1n) is 11.1. The lowest BCUT2D eigenvalue weighted by Crippen LogP contribution is -2.58. The fourth-order valence-electron chi connectivity index (χ4n) is 4.25. The first-order chi connectivity index (χ1) is 16.2. The first-order valence-corrected chi connectivity index (χ1v) is 12.0. The van der Waals surface area contributed by atoms with E-state index in [9.17, 15) is 4.79 Å². The van der Waals surface area contributed by atoms with E-state index in [-0.39, 0.29) is 29.5 Å². The number of hydrogen-bond acceptors (Lipinski definition) is 6. The molecule has 0 N–H and O–H groups in total. The summed E-state index contributed by atoms with van der Waals surface area (Å²) in [5, 5.41) is 0. The molecule has 6 heteroatoms. The van der Waals surface area contributed by atoms with Crippen molar-refractivity contribution in [2.75, 3.05) is 6.61 Å². The largest absolute Gasteiger partial charge is 0.455 e. The van der Waals surface area contributed by atoms with Gasteiger partial charge in [0.2, 0.25) is 0 Å². The van der Waals surface area contributed by atoms with Crippen molar-refractivity contribution in [3.63, 3.8) is 0 Å². The summed E-state index contributed by atoms with van der Waals surface area (Å²) in [6.45, 7) is 2.48. The van der Waals surface area contributed by atoms with E-state index in [0.717, 1.165) is 10.5 Å². The Balaban J connectivity index is 1.38. The normalized spacial score (nSPS) is 29.1. The van der Waals surface area contributed by atoms with Crippen LogP contribution >= 0.6 is 11.8 Å². The van der Waals surface area contributed by atoms with Crippen molar-refractivity contribution in [1.82, 2.24) is 0 Å². The van der Waals surface area contributed by atoms with Crippen LogP contribution < -0.4 is 0 Å². The summed E-state index contributed by atoms with van der Waals surface area (Å²) in [5.74, 6) is -0.451. The maximum absolute atomic E-state index is 12.9. The Labute approximate surface area is 198 Å². The molecule has 6 atom stereocenters. The molecule has 3 aromatic carbocycles. The minimum absolute atomic E-state index is 0.0901. The fourth-order valence-corrected chi connectivity index (χ4v) is 5.47. The van der Waals surface area contributed by atoms with Gasteiger partial charge in [-0.1, -0.05) is 85.4 Å². The molecule has 6 unspecified atom stereocenters. The maximum atomic E-state index is 12.9. The van der Waals surface area contributed by atoms with E-state index in [1.807, 2.05) is 78.9 Å². The predicted octanol–water partition coefficient (Wildman–Crippen LogP) is 5.48. The zero-order valence-corrected chi connectivity index (χ0v) is 19.1. The fraction of sp³-hybridized carbons (Fsp3) is 0.296. The molecule has 0 amide bonds. The van der Waals surface area contributed by atoms with Crippen LogP contribution in [0.1, 0.15) is 29.1 Å². The average Bonchev–Trinajstić information content (AvgIpc) is 2.88. The van der Waals surface area contributed by atoms with Gasteiger partial charge in [-0.25, -0.2) is 4.79 Å². The number of rotatable bonds is 5. The molecule has 5 rings (SSSR count). The Kier molecular flexibility index (Phi) is 6.78. The Morgan fingerprint density at radius 1 is 0.879 bits per heavy atom. The molecular formula is C27H26O5S. The van der Waals surface area contributed by atoms with Gasteiger partial charge in [0.1, 0.15) is 17.6 Å². The highest BCUT2D eigenvalue weighted by Gasteiger charge is 2.50. The van der Waals surface area contributed by atoms with E-state index >= 15 is 0 Å². The van der Waals surface area contributed by atoms with Gasteiger partial charge in [-0.15, -0.1) is 0 Å². The highest BCUT2D eigenvalue weighted by Crippen LogP contribution is 2.42. The standard InChI is InChI=1S/C27H26O5S/c1-18-23-22(17-29-26(32-23)20-13-7-3-8-14-20)30-27(33-21-15-9-4-10-16-21)24(18)31-25(28)19-11-5-2-6-12-19/h2-16,18,22-24,26-27H,17H2,1H3. The highest BCUT2D eigenvalue weighted by atomic mass is 32.2. The van der Waals surface area contributed by atoms with E-state index in [4.69, 9.17) is 18.9 Å². The number of hydrogen-bond donors (Lipinski definition) is 0. The van der Waals surface area contributed by atoms with Crippen LogP contribution in [0.5, 0.6) is 0 Å². The Morgan fingerprint density at radius 2 is 1.52 bits per heavy atom. The van der Waals surface area contributed by atoms with Crippen LogP contribution in [0.4, 0.5) is 0 Å². The van der Waals surface area contributed by atoms with Crippen molar-refractivity contribution in [3.8, 4) is 0 Å². The Bertz CT molecular complexity index is 1050. The van der Waals surface area contributed by atoms with Crippen LogP contribution in [0.15, 0.2) is 95.9 Å². The quantitative estimate of drug-likeness (QED) is 0.468. The van der Waals surface area contributed by atoms with Crippen molar-refractivity contribution in [2.45, 2.75) is 41.9 Å². The van der Waals surface area contributed by atoms with Gasteiger partial charge in [0.05, 0.1) is 18.3 Å². The second-order valence-electron chi connectivity index (χ2n) is 8.25. The molecule has 0 saturated carbocycles. The van der Waals surface area contributed by atoms with Crippen LogP contribution in [-0.4, -0.2) is 36.3 Å². The summed E-state index contributed by atoms with van der Waals surface area (Å²) in [4.78, 5) is 14.0. The van der Waals surface area contributed by atoms with Gasteiger partial charge in [0.25, 0.3) is 0 Å². The molecule has 2 aliphatic rings. The second kappa shape index (κ2) is 10.1. The van der Waals surface area contributed by atoms with Crippen molar-refractivity contribution in [2.24, 2.45) is 5.92 Å². The third kappa shape index (κ3) is 4.99. The van der Waals surface area contributed by atoms with E-state index < -0.39 is 12.4 Å². The third-order valence-electron chi connectivity index (χ3n) is 5.99. The smallest absolute Gasteiger partial charge is 0.338 e. The maximum Gasteiger partial charge on any atom is 0.338 e. The topological polar surface area (TPSA) is 54.0 Å². The monoisotopic (exact) mass is 462 g/mol. The van der Waals surface area contributed by atoms with Gasteiger partial charge in [-0.2, -0.15) is 0 Å². The minimum Gasteiger partial charge on any atom is -0.455 e. The summed E-state index contributed by atoms with van der Waals surface area (Å²) in [6, 6.07) is 28.9. The number of thioether (sulfide) groups is 1. The number of carbonyl (C=O) groups excluding carboxylic acids is 1.